The fourth-order valence-electron chi connectivity index (χ4n) is 1.43. The molecule has 0 heterocycles. The van der Waals surface area contributed by atoms with E-state index in [0.717, 1.165) is 3.57 Å². The largest absolute Gasteiger partial charge is 0.507 e. The number of rotatable bonds is 1. The van der Waals surface area contributed by atoms with Crippen LogP contribution in [0.5, 0.6) is 11.5 Å². The van der Waals surface area contributed by atoms with Crippen LogP contribution in [0, 0.1) is 3.57 Å². The highest BCUT2D eigenvalue weighted by Gasteiger charge is 2.09. The van der Waals surface area contributed by atoms with Crippen molar-refractivity contribution in [1.82, 2.24) is 0 Å². The third-order valence-corrected chi connectivity index (χ3v) is 3.05. The maximum absolute atomic E-state index is 9.86. The molecule has 0 spiro atoms. The lowest BCUT2D eigenvalue weighted by molar-refractivity contribution is 0.467. The van der Waals surface area contributed by atoms with Gasteiger partial charge in [0, 0.05) is 11.1 Å². The molecule has 3 heteroatoms. The molecule has 0 saturated heterocycles. The summed E-state index contributed by atoms with van der Waals surface area (Å²) in [6.07, 6.45) is 0. The zero-order valence-corrected chi connectivity index (χ0v) is 9.97. The molecule has 0 aliphatic heterocycles. The molecular weight excluding hydrogens is 303 g/mol. The van der Waals surface area contributed by atoms with Gasteiger partial charge in [-0.3, -0.25) is 0 Å². The smallest absolute Gasteiger partial charge is 0.136 e. The van der Waals surface area contributed by atoms with Crippen LogP contribution >= 0.6 is 22.6 Å². The number of hydrogen-bond acceptors (Lipinski definition) is 2. The van der Waals surface area contributed by atoms with Crippen LogP contribution in [0.1, 0.15) is 0 Å². The van der Waals surface area contributed by atoms with E-state index in [1.54, 1.807) is 24.3 Å². The van der Waals surface area contributed by atoms with Gasteiger partial charge in [-0.2, -0.15) is 0 Å². The number of aromatic hydroxyl groups is 2. The van der Waals surface area contributed by atoms with E-state index in [-0.39, 0.29) is 11.5 Å². The van der Waals surface area contributed by atoms with E-state index in [1.165, 1.54) is 0 Å². The van der Waals surface area contributed by atoms with E-state index in [4.69, 9.17) is 0 Å². The maximum atomic E-state index is 9.86. The molecule has 0 saturated carbocycles. The van der Waals surface area contributed by atoms with E-state index in [9.17, 15) is 10.2 Å². The quantitative estimate of drug-likeness (QED) is 0.793. The van der Waals surface area contributed by atoms with Crippen LogP contribution in [0.2, 0.25) is 0 Å². The molecule has 15 heavy (non-hydrogen) atoms. The Bertz CT molecular complexity index is 495. The van der Waals surface area contributed by atoms with Gasteiger partial charge in [0.1, 0.15) is 11.5 Å². The SMILES string of the molecule is Oc1ccccc1-c1cccc(I)c1O. The van der Waals surface area contributed by atoms with Crippen LogP contribution in [0.3, 0.4) is 0 Å². The average molecular weight is 312 g/mol. The molecule has 0 radical (unpaired) electrons. The second-order valence-corrected chi connectivity index (χ2v) is 4.32. The van der Waals surface area contributed by atoms with Crippen LogP contribution < -0.4 is 0 Å². The fraction of sp³-hybridized carbons (Fsp3) is 0. The first-order chi connectivity index (χ1) is 7.20. The normalized spacial score (nSPS) is 10.2. The summed E-state index contributed by atoms with van der Waals surface area (Å²) in [6.45, 7) is 0. The Kier molecular flexibility index (Phi) is 2.81. The van der Waals surface area contributed by atoms with E-state index >= 15 is 0 Å². The molecule has 2 aromatic rings. The van der Waals surface area contributed by atoms with Gasteiger partial charge in [-0.15, -0.1) is 0 Å². The van der Waals surface area contributed by atoms with E-state index in [0.29, 0.717) is 11.1 Å². The van der Waals surface area contributed by atoms with Gasteiger partial charge in [-0.1, -0.05) is 30.3 Å². The molecule has 2 aromatic carbocycles. The third-order valence-electron chi connectivity index (χ3n) is 2.18. The third kappa shape index (κ3) is 1.92. The van der Waals surface area contributed by atoms with Gasteiger partial charge in [-0.05, 0) is 34.7 Å². The van der Waals surface area contributed by atoms with E-state index < -0.39 is 0 Å². The van der Waals surface area contributed by atoms with Gasteiger partial charge in [0.2, 0.25) is 0 Å². The van der Waals surface area contributed by atoms with Crippen LogP contribution in [-0.2, 0) is 0 Å². The summed E-state index contributed by atoms with van der Waals surface area (Å²) in [5.41, 5.74) is 1.30. The minimum atomic E-state index is 0.176. The molecule has 2 N–H and O–H groups in total. The minimum Gasteiger partial charge on any atom is -0.507 e. The number of halogens is 1. The second-order valence-electron chi connectivity index (χ2n) is 3.15. The molecule has 2 rings (SSSR count). The molecule has 0 aromatic heterocycles. The summed E-state index contributed by atoms with van der Waals surface area (Å²) >= 11 is 2.06. The maximum Gasteiger partial charge on any atom is 0.136 e. The summed E-state index contributed by atoms with van der Waals surface area (Å²) in [5.74, 6) is 0.384. The highest BCUT2D eigenvalue weighted by Crippen LogP contribution is 2.37. The van der Waals surface area contributed by atoms with Crippen molar-refractivity contribution in [1.29, 1.82) is 0 Å². The zero-order chi connectivity index (χ0) is 10.8. The van der Waals surface area contributed by atoms with Crippen molar-refractivity contribution < 1.29 is 10.2 Å². The Morgan fingerprint density at radius 3 is 2.20 bits per heavy atom. The lowest BCUT2D eigenvalue weighted by Gasteiger charge is -2.07. The Balaban J connectivity index is 2.65. The highest BCUT2D eigenvalue weighted by molar-refractivity contribution is 14.1. The Hall–Kier alpha value is -1.23. The second kappa shape index (κ2) is 4.10. The number of phenols is 2. The number of hydrogen-bond donors (Lipinski definition) is 2. The number of para-hydroxylation sites is 2. The molecule has 0 fully saturated rings. The predicted octanol–water partition coefficient (Wildman–Crippen LogP) is 3.37. The first kappa shape index (κ1) is 10.3. The lowest BCUT2D eigenvalue weighted by atomic mass is 10.0. The number of benzene rings is 2. The van der Waals surface area contributed by atoms with Gasteiger partial charge in [-0.25, -0.2) is 0 Å². The van der Waals surface area contributed by atoms with Crippen LogP contribution in [0.4, 0.5) is 0 Å². The van der Waals surface area contributed by atoms with E-state index in [1.807, 2.05) is 18.2 Å². The molecular formula is C12H9IO2. The predicted molar refractivity (Wildman–Crippen MR) is 67.9 cm³/mol. The first-order valence-corrected chi connectivity index (χ1v) is 5.54. The van der Waals surface area contributed by atoms with Crippen LogP contribution in [0.15, 0.2) is 42.5 Å². The van der Waals surface area contributed by atoms with Gasteiger partial charge in [0.15, 0.2) is 0 Å². The summed E-state index contributed by atoms with van der Waals surface area (Å²) in [5, 5.41) is 19.5. The lowest BCUT2D eigenvalue weighted by Crippen LogP contribution is -1.82. The van der Waals surface area contributed by atoms with Gasteiger partial charge >= 0.3 is 0 Å². The van der Waals surface area contributed by atoms with Gasteiger partial charge in [0.25, 0.3) is 0 Å². The Morgan fingerprint density at radius 1 is 0.800 bits per heavy atom. The number of phenolic OH excluding ortho intramolecular Hbond substituents is 2. The van der Waals surface area contributed by atoms with Crippen molar-refractivity contribution in [2.75, 3.05) is 0 Å². The molecule has 0 aliphatic carbocycles. The Morgan fingerprint density at radius 2 is 1.47 bits per heavy atom. The first-order valence-electron chi connectivity index (χ1n) is 4.46. The highest BCUT2D eigenvalue weighted by atomic mass is 127. The van der Waals surface area contributed by atoms with Crippen molar-refractivity contribution in [3.05, 3.63) is 46.0 Å². The zero-order valence-electron chi connectivity index (χ0n) is 7.81. The average Bonchev–Trinajstić information content (AvgIpc) is 2.23. The van der Waals surface area contributed by atoms with Gasteiger partial charge < -0.3 is 10.2 Å². The molecule has 0 atom stereocenters. The van der Waals surface area contributed by atoms with Crippen LogP contribution in [0.25, 0.3) is 11.1 Å². The van der Waals surface area contributed by atoms with Crippen molar-refractivity contribution >= 4 is 22.6 Å². The molecule has 0 amide bonds. The fourth-order valence-corrected chi connectivity index (χ4v) is 1.93. The molecule has 0 bridgehead atoms. The van der Waals surface area contributed by atoms with Crippen molar-refractivity contribution in [3.63, 3.8) is 0 Å². The summed E-state index contributed by atoms with van der Waals surface area (Å²) in [4.78, 5) is 0. The molecule has 76 valence electrons. The standard InChI is InChI=1S/C12H9IO2/c13-10-6-3-5-9(12(10)15)8-4-1-2-7-11(8)14/h1-7,14-15H. The summed E-state index contributed by atoms with van der Waals surface area (Å²) < 4.78 is 0.772. The topological polar surface area (TPSA) is 40.5 Å². The summed E-state index contributed by atoms with van der Waals surface area (Å²) in [6, 6.07) is 12.4. The monoisotopic (exact) mass is 312 g/mol. The van der Waals surface area contributed by atoms with Crippen molar-refractivity contribution in [2.45, 2.75) is 0 Å². The molecule has 0 unspecified atom stereocenters. The minimum absolute atomic E-state index is 0.176. The Labute approximate surface area is 101 Å². The van der Waals surface area contributed by atoms with Crippen molar-refractivity contribution in [3.8, 4) is 22.6 Å². The van der Waals surface area contributed by atoms with Crippen molar-refractivity contribution in [2.24, 2.45) is 0 Å². The molecule has 2 nitrogen and oxygen atoms in total. The van der Waals surface area contributed by atoms with Crippen LogP contribution in [-0.4, -0.2) is 10.2 Å². The van der Waals surface area contributed by atoms with Gasteiger partial charge in [0.05, 0.1) is 3.57 Å². The van der Waals surface area contributed by atoms with E-state index in [2.05, 4.69) is 22.6 Å². The summed E-state index contributed by atoms with van der Waals surface area (Å²) in [7, 11) is 0. The molecule has 0 aliphatic rings.